The van der Waals surface area contributed by atoms with E-state index in [0.717, 1.165) is 22.3 Å². The maximum atomic E-state index is 13.4. The Kier molecular flexibility index (Phi) is 6.96. The van der Waals surface area contributed by atoms with Gasteiger partial charge in [0.15, 0.2) is 0 Å². The van der Waals surface area contributed by atoms with Gasteiger partial charge in [0.05, 0.1) is 0 Å². The fourth-order valence-corrected chi connectivity index (χ4v) is 5.47. The molecule has 0 saturated carbocycles. The van der Waals surface area contributed by atoms with Crippen LogP contribution in [0.2, 0.25) is 0 Å². The van der Waals surface area contributed by atoms with Crippen LogP contribution in [0.1, 0.15) is 50.2 Å². The summed E-state index contributed by atoms with van der Waals surface area (Å²) in [5.74, 6) is -1.57. The summed E-state index contributed by atoms with van der Waals surface area (Å²) in [5, 5.41) is 12.5. The van der Waals surface area contributed by atoms with Crippen LogP contribution in [0.15, 0.2) is 61.2 Å². The highest BCUT2D eigenvalue weighted by Crippen LogP contribution is 2.44. The fraction of sp³-hybridized carbons (Fsp3) is 0.393. The van der Waals surface area contributed by atoms with Crippen molar-refractivity contribution in [2.45, 2.75) is 51.1 Å². The van der Waals surface area contributed by atoms with Crippen molar-refractivity contribution in [3.05, 3.63) is 72.3 Å². The smallest absolute Gasteiger partial charge is 0.407 e. The van der Waals surface area contributed by atoms with Crippen molar-refractivity contribution in [3.8, 4) is 11.1 Å². The molecule has 4 rings (SSSR count). The van der Waals surface area contributed by atoms with Gasteiger partial charge < -0.3 is 20.1 Å². The minimum atomic E-state index is -1.04. The summed E-state index contributed by atoms with van der Waals surface area (Å²) < 4.78 is 5.60. The molecule has 2 aliphatic rings. The summed E-state index contributed by atoms with van der Waals surface area (Å²) in [6, 6.07) is 14.2. The molecule has 1 saturated heterocycles. The first-order valence-electron chi connectivity index (χ1n) is 12.0. The van der Waals surface area contributed by atoms with E-state index in [9.17, 15) is 19.5 Å². The highest BCUT2D eigenvalue weighted by molar-refractivity contribution is 5.90. The van der Waals surface area contributed by atoms with Gasteiger partial charge in [0.25, 0.3) is 0 Å². The number of carbonyl (C=O) groups excluding carboxylic acids is 2. The zero-order valence-corrected chi connectivity index (χ0v) is 20.2. The Morgan fingerprint density at radius 1 is 1.14 bits per heavy atom. The highest BCUT2D eigenvalue weighted by Gasteiger charge is 2.46. The van der Waals surface area contributed by atoms with Gasteiger partial charge in [0.1, 0.15) is 18.7 Å². The number of rotatable bonds is 7. The monoisotopic (exact) mass is 476 g/mol. The Morgan fingerprint density at radius 3 is 2.31 bits per heavy atom. The quantitative estimate of drug-likeness (QED) is 0.571. The summed E-state index contributed by atoms with van der Waals surface area (Å²) >= 11 is 0. The first-order chi connectivity index (χ1) is 16.7. The number of benzene rings is 2. The van der Waals surface area contributed by atoms with E-state index in [2.05, 4.69) is 24.0 Å². The van der Waals surface area contributed by atoms with Crippen LogP contribution in [0, 0.1) is 5.41 Å². The average Bonchev–Trinajstić information content (AvgIpc) is 3.14. The zero-order valence-electron chi connectivity index (χ0n) is 20.2. The maximum absolute atomic E-state index is 13.4. The molecule has 2 amide bonds. The molecule has 0 spiro atoms. The number of nitrogens with zero attached hydrogens (tertiary/aromatic N) is 1. The number of likely N-dealkylation sites (tertiary alicyclic amines) is 1. The summed E-state index contributed by atoms with van der Waals surface area (Å²) in [4.78, 5) is 39.5. The summed E-state index contributed by atoms with van der Waals surface area (Å²) in [6.07, 6.45) is 2.41. The van der Waals surface area contributed by atoms with E-state index < -0.39 is 35.5 Å². The number of carboxylic acid groups (broad SMARTS) is 1. The van der Waals surface area contributed by atoms with Crippen LogP contribution in [0.5, 0.6) is 0 Å². The van der Waals surface area contributed by atoms with Crippen LogP contribution in [-0.2, 0) is 14.3 Å². The molecule has 1 fully saturated rings. The third-order valence-electron chi connectivity index (χ3n) is 7.13. The Morgan fingerprint density at radius 2 is 1.74 bits per heavy atom. The molecule has 1 aliphatic carbocycles. The topological polar surface area (TPSA) is 95.9 Å². The second-order valence-electron chi connectivity index (χ2n) is 9.91. The predicted molar refractivity (Wildman–Crippen MR) is 133 cm³/mol. The van der Waals surface area contributed by atoms with Crippen LogP contribution in [0.3, 0.4) is 0 Å². The molecule has 0 bridgehead atoms. The normalized spacial score (nSPS) is 19.3. The van der Waals surface area contributed by atoms with E-state index in [1.807, 2.05) is 50.2 Å². The second-order valence-corrected chi connectivity index (χ2v) is 9.91. The molecule has 2 aromatic rings. The summed E-state index contributed by atoms with van der Waals surface area (Å²) in [7, 11) is 0. The largest absolute Gasteiger partial charge is 0.480 e. The number of fused-ring (bicyclic) bond motifs is 3. The lowest BCUT2D eigenvalue weighted by molar-refractivity contribution is -0.159. The number of amides is 2. The molecule has 0 aromatic heterocycles. The molecule has 7 nitrogen and oxygen atoms in total. The molecule has 184 valence electrons. The second kappa shape index (κ2) is 9.94. The third-order valence-corrected chi connectivity index (χ3v) is 7.13. The van der Waals surface area contributed by atoms with Crippen molar-refractivity contribution in [1.82, 2.24) is 10.2 Å². The van der Waals surface area contributed by atoms with Crippen molar-refractivity contribution >= 4 is 18.0 Å². The van der Waals surface area contributed by atoms with E-state index >= 15 is 0 Å². The number of ether oxygens (including phenoxy) is 1. The van der Waals surface area contributed by atoms with E-state index in [0.29, 0.717) is 19.4 Å². The van der Waals surface area contributed by atoms with Gasteiger partial charge in [-0.2, -0.15) is 0 Å². The number of piperidine rings is 1. The van der Waals surface area contributed by atoms with Crippen molar-refractivity contribution < 1.29 is 24.2 Å². The first-order valence-corrected chi connectivity index (χ1v) is 12.0. The molecule has 0 radical (unpaired) electrons. The lowest BCUT2D eigenvalue weighted by Gasteiger charge is -2.45. The van der Waals surface area contributed by atoms with E-state index in [4.69, 9.17) is 4.74 Å². The van der Waals surface area contributed by atoms with Crippen LogP contribution >= 0.6 is 0 Å². The number of alkyl carbamates (subject to hydrolysis) is 1. The predicted octanol–water partition coefficient (Wildman–Crippen LogP) is 4.57. The minimum Gasteiger partial charge on any atom is -0.480 e. The van der Waals surface area contributed by atoms with Crippen molar-refractivity contribution in [3.63, 3.8) is 0 Å². The Hall–Kier alpha value is -3.61. The minimum absolute atomic E-state index is 0.0963. The lowest BCUT2D eigenvalue weighted by Crippen LogP contribution is -2.60. The van der Waals surface area contributed by atoms with Crippen molar-refractivity contribution in [2.75, 3.05) is 13.2 Å². The molecule has 35 heavy (non-hydrogen) atoms. The number of hydrogen-bond acceptors (Lipinski definition) is 4. The van der Waals surface area contributed by atoms with Crippen molar-refractivity contribution in [1.29, 1.82) is 0 Å². The van der Waals surface area contributed by atoms with Crippen LogP contribution < -0.4 is 5.32 Å². The average molecular weight is 477 g/mol. The summed E-state index contributed by atoms with van der Waals surface area (Å²) in [6.45, 7) is 7.87. The Labute approximate surface area is 205 Å². The van der Waals surface area contributed by atoms with E-state index in [-0.39, 0.29) is 18.9 Å². The molecule has 1 heterocycles. The first kappa shape index (κ1) is 24.5. The number of carboxylic acids is 1. The highest BCUT2D eigenvalue weighted by atomic mass is 16.5. The van der Waals surface area contributed by atoms with Gasteiger partial charge in [-0.25, -0.2) is 9.59 Å². The molecule has 2 N–H and O–H groups in total. The number of carbonyl (C=O) groups is 3. The van der Waals surface area contributed by atoms with Crippen LogP contribution in [0.25, 0.3) is 11.1 Å². The molecule has 7 heteroatoms. The van der Waals surface area contributed by atoms with Gasteiger partial charge in [0.2, 0.25) is 5.91 Å². The molecule has 2 unspecified atom stereocenters. The number of aliphatic carboxylic acids is 1. The van der Waals surface area contributed by atoms with E-state index in [1.165, 1.54) is 11.0 Å². The number of nitrogens with one attached hydrogen (secondary N) is 1. The van der Waals surface area contributed by atoms with Gasteiger partial charge >= 0.3 is 12.1 Å². The molecule has 1 aliphatic heterocycles. The van der Waals surface area contributed by atoms with Gasteiger partial charge in [0, 0.05) is 12.5 Å². The fourth-order valence-electron chi connectivity index (χ4n) is 5.47. The molecular weight excluding hydrogens is 444 g/mol. The molecular formula is C28H32N2O5. The van der Waals surface area contributed by atoms with Gasteiger partial charge in [-0.3, -0.25) is 4.79 Å². The lowest BCUT2D eigenvalue weighted by atomic mass is 9.76. The van der Waals surface area contributed by atoms with Crippen molar-refractivity contribution in [2.24, 2.45) is 5.41 Å². The Bertz CT molecular complexity index is 1100. The van der Waals surface area contributed by atoms with Gasteiger partial charge in [-0.1, -0.05) is 68.5 Å². The third kappa shape index (κ3) is 4.81. The molecule has 2 atom stereocenters. The van der Waals surface area contributed by atoms with Gasteiger partial charge in [-0.05, 0) is 46.9 Å². The van der Waals surface area contributed by atoms with E-state index in [1.54, 1.807) is 0 Å². The standard InChI is InChI=1S/C28H32N2O5/c1-4-10-23(25(31)30-16-9-15-28(2,3)24(30)26(32)33)29-27(34)35-17-22-20-13-7-5-11-18(20)19-12-6-8-14-21(19)22/h4-8,11-14,22-24H,1,9-10,15-17H2,2-3H3,(H,29,34)(H,32,33). The SMILES string of the molecule is C=CCC(NC(=O)OCC1c2ccccc2-c2ccccc21)C(=O)N1CCCC(C)(C)C1C(=O)O. The maximum Gasteiger partial charge on any atom is 0.407 e. The van der Waals surface area contributed by atoms with Gasteiger partial charge in [-0.15, -0.1) is 6.58 Å². The number of hydrogen-bond donors (Lipinski definition) is 2. The summed E-state index contributed by atoms with van der Waals surface area (Å²) in [5.41, 5.74) is 3.89. The Balaban J connectivity index is 1.46. The molecule has 2 aromatic carbocycles. The van der Waals surface area contributed by atoms with Crippen LogP contribution in [0.4, 0.5) is 4.79 Å². The zero-order chi connectivity index (χ0) is 25.2. The van der Waals surface area contributed by atoms with Crippen LogP contribution in [-0.4, -0.2) is 53.2 Å².